The third-order valence-corrected chi connectivity index (χ3v) is 6.24. The summed E-state index contributed by atoms with van der Waals surface area (Å²) in [5.41, 5.74) is 1.44. The van der Waals surface area contributed by atoms with Gasteiger partial charge in [0.05, 0.1) is 0 Å². The van der Waals surface area contributed by atoms with Crippen LogP contribution in [0.4, 0.5) is 0 Å². The zero-order chi connectivity index (χ0) is 17.9. The third-order valence-electron chi connectivity index (χ3n) is 4.71. The summed E-state index contributed by atoms with van der Waals surface area (Å²) in [5, 5.41) is 0.255. The van der Waals surface area contributed by atoms with Gasteiger partial charge < -0.3 is 9.74 Å². The maximum absolute atomic E-state index is 12.8. The maximum atomic E-state index is 12.8. The molecule has 3 aliphatic heterocycles. The normalized spacial score (nSPS) is 26.9. The van der Waals surface area contributed by atoms with E-state index in [-0.39, 0.29) is 24.1 Å². The van der Waals surface area contributed by atoms with E-state index in [9.17, 15) is 19.2 Å². The Kier molecular flexibility index (Phi) is 3.44. The number of rotatable bonds is 2. The van der Waals surface area contributed by atoms with Crippen molar-refractivity contribution in [2.24, 2.45) is 0 Å². The highest BCUT2D eigenvalue weighted by Gasteiger charge is 2.58. The van der Waals surface area contributed by atoms with Crippen LogP contribution in [0.15, 0.2) is 24.3 Å². The summed E-state index contributed by atoms with van der Waals surface area (Å²) >= 11 is 1.50. The Morgan fingerprint density at radius 2 is 1.80 bits per heavy atom. The van der Waals surface area contributed by atoms with Crippen molar-refractivity contribution in [1.29, 1.82) is 0 Å². The van der Waals surface area contributed by atoms with Gasteiger partial charge in [-0.05, 0) is 25.5 Å². The number of nitrogens with zero attached hydrogens (tertiary/aromatic N) is 2. The summed E-state index contributed by atoms with van der Waals surface area (Å²) in [6.45, 7) is 3.71. The second-order valence-corrected chi connectivity index (χ2v) is 8.50. The summed E-state index contributed by atoms with van der Waals surface area (Å²) in [5.74, 6) is -2.06. The van der Waals surface area contributed by atoms with Gasteiger partial charge in [-0.2, -0.15) is 0 Å². The lowest BCUT2D eigenvalue weighted by Gasteiger charge is -2.29. The largest absolute Gasteiger partial charge is 0.356 e. The number of hydroxylamine groups is 2. The second-order valence-electron chi connectivity index (χ2n) is 6.77. The van der Waals surface area contributed by atoms with E-state index in [2.05, 4.69) is 0 Å². The fourth-order valence-electron chi connectivity index (χ4n) is 3.56. The summed E-state index contributed by atoms with van der Waals surface area (Å²) in [6.07, 6.45) is 0.0667. The lowest BCUT2D eigenvalue weighted by molar-refractivity contribution is -0.201. The molecule has 1 aromatic carbocycles. The first-order valence-electron chi connectivity index (χ1n) is 7.98. The van der Waals surface area contributed by atoms with Gasteiger partial charge in [-0.3, -0.25) is 14.4 Å². The summed E-state index contributed by atoms with van der Waals surface area (Å²) < 4.78 is -0.614. The molecule has 4 rings (SSSR count). The first kappa shape index (κ1) is 16.1. The van der Waals surface area contributed by atoms with Crippen molar-refractivity contribution < 1.29 is 24.0 Å². The Bertz CT molecular complexity index is 805. The molecule has 0 radical (unpaired) electrons. The van der Waals surface area contributed by atoms with Crippen molar-refractivity contribution in [2.45, 2.75) is 42.9 Å². The fourth-order valence-corrected chi connectivity index (χ4v) is 5.14. The van der Waals surface area contributed by atoms with Gasteiger partial charge in [0.25, 0.3) is 17.7 Å². The minimum Gasteiger partial charge on any atom is -0.328 e. The minimum absolute atomic E-state index is 0.0334. The monoisotopic (exact) mass is 360 g/mol. The highest BCUT2D eigenvalue weighted by molar-refractivity contribution is 8.01. The smallest absolute Gasteiger partial charge is 0.328 e. The van der Waals surface area contributed by atoms with Crippen LogP contribution in [0.5, 0.6) is 0 Å². The van der Waals surface area contributed by atoms with E-state index in [4.69, 9.17) is 4.84 Å². The zero-order valence-electron chi connectivity index (χ0n) is 13.7. The van der Waals surface area contributed by atoms with Gasteiger partial charge >= 0.3 is 5.97 Å². The molecule has 3 heterocycles. The van der Waals surface area contributed by atoms with Gasteiger partial charge in [-0.1, -0.05) is 18.2 Å². The number of hydrogen-bond acceptors (Lipinski definition) is 6. The molecule has 0 aliphatic carbocycles. The molecule has 3 amide bonds. The Morgan fingerprint density at radius 3 is 2.48 bits per heavy atom. The number of imide groups is 1. The van der Waals surface area contributed by atoms with E-state index < -0.39 is 28.6 Å². The summed E-state index contributed by atoms with van der Waals surface area (Å²) in [7, 11) is 0. The van der Waals surface area contributed by atoms with Crippen molar-refractivity contribution in [2.75, 3.05) is 0 Å². The zero-order valence-corrected chi connectivity index (χ0v) is 14.5. The Labute approximate surface area is 148 Å². The van der Waals surface area contributed by atoms with Crippen LogP contribution < -0.4 is 0 Å². The van der Waals surface area contributed by atoms with Crippen LogP contribution in [-0.2, 0) is 19.2 Å². The van der Waals surface area contributed by atoms with E-state index >= 15 is 0 Å². The van der Waals surface area contributed by atoms with Gasteiger partial charge in [0.1, 0.15) is 11.4 Å². The lowest BCUT2D eigenvalue weighted by Crippen LogP contribution is -2.50. The van der Waals surface area contributed by atoms with Crippen LogP contribution in [0.1, 0.15) is 48.0 Å². The quantitative estimate of drug-likeness (QED) is 0.746. The number of benzene rings is 1. The highest BCUT2D eigenvalue weighted by Crippen LogP contribution is 2.56. The lowest BCUT2D eigenvalue weighted by atomic mass is 10.0. The van der Waals surface area contributed by atoms with Gasteiger partial charge in [0, 0.05) is 23.2 Å². The molecule has 3 aliphatic rings. The molecule has 1 aromatic rings. The molecular formula is C17H16N2O5S. The molecule has 2 fully saturated rings. The molecule has 0 bridgehead atoms. The number of amides is 3. The molecule has 0 N–H and O–H groups in total. The predicted octanol–water partition coefficient (Wildman–Crippen LogP) is 1.64. The van der Waals surface area contributed by atoms with E-state index in [1.165, 1.54) is 16.7 Å². The number of carbonyl (C=O) groups is 4. The van der Waals surface area contributed by atoms with Crippen molar-refractivity contribution in [3.8, 4) is 0 Å². The molecular weight excluding hydrogens is 344 g/mol. The average Bonchev–Trinajstić information content (AvgIpc) is 3.12. The van der Waals surface area contributed by atoms with Gasteiger partial charge in [0.2, 0.25) is 0 Å². The average molecular weight is 360 g/mol. The van der Waals surface area contributed by atoms with E-state index in [1.54, 1.807) is 12.1 Å². The number of fused-ring (bicyclic) bond motifs is 3. The Balaban J connectivity index is 1.65. The molecule has 8 heteroatoms. The van der Waals surface area contributed by atoms with Crippen LogP contribution in [-0.4, -0.2) is 44.4 Å². The first-order valence-corrected chi connectivity index (χ1v) is 8.86. The van der Waals surface area contributed by atoms with E-state index in [0.717, 1.165) is 5.56 Å². The standard InChI is InChI=1S/C17H16N2O5S/c1-17(2)13(16(23)24-19-11(20)7-8-12(19)21)18-14(22)9-5-3-4-6-10(9)15(18)25-17/h3-6,13,15H,7-8H2,1-2H3/t13-,15-/m1/s1. The van der Waals surface area contributed by atoms with E-state index in [0.29, 0.717) is 10.6 Å². The molecule has 0 spiro atoms. The Hall–Kier alpha value is -2.35. The van der Waals surface area contributed by atoms with Crippen LogP contribution in [0, 0.1) is 0 Å². The third kappa shape index (κ3) is 2.27. The molecule has 2 saturated heterocycles. The first-order chi connectivity index (χ1) is 11.8. The van der Waals surface area contributed by atoms with Gasteiger partial charge in [-0.15, -0.1) is 16.8 Å². The maximum Gasteiger partial charge on any atom is 0.356 e. The summed E-state index contributed by atoms with van der Waals surface area (Å²) in [4.78, 5) is 55.6. The molecule has 0 unspecified atom stereocenters. The number of thioether (sulfide) groups is 1. The van der Waals surface area contributed by atoms with E-state index in [1.807, 2.05) is 26.0 Å². The number of hydrogen-bond donors (Lipinski definition) is 0. The predicted molar refractivity (Wildman–Crippen MR) is 88.0 cm³/mol. The topological polar surface area (TPSA) is 84.0 Å². The molecule has 130 valence electrons. The highest BCUT2D eigenvalue weighted by atomic mass is 32.2. The van der Waals surface area contributed by atoms with Crippen molar-refractivity contribution in [3.63, 3.8) is 0 Å². The minimum atomic E-state index is -0.886. The van der Waals surface area contributed by atoms with Gasteiger partial charge in [0.15, 0.2) is 0 Å². The SMILES string of the molecule is CC1(C)S[C@@H]2c3ccccc3C(=O)N2[C@@H]1C(=O)ON1C(=O)CCC1=O. The van der Waals surface area contributed by atoms with Crippen LogP contribution >= 0.6 is 11.8 Å². The fraction of sp³-hybridized carbons (Fsp3) is 0.412. The number of carbonyl (C=O) groups excluding carboxylic acids is 4. The van der Waals surface area contributed by atoms with Gasteiger partial charge in [-0.25, -0.2) is 4.79 Å². The van der Waals surface area contributed by atoms with Crippen LogP contribution in [0.2, 0.25) is 0 Å². The van der Waals surface area contributed by atoms with Crippen LogP contribution in [0.3, 0.4) is 0 Å². The second kappa shape index (κ2) is 5.32. The Morgan fingerprint density at radius 1 is 1.16 bits per heavy atom. The molecule has 0 aromatic heterocycles. The van der Waals surface area contributed by atoms with Crippen molar-refractivity contribution in [1.82, 2.24) is 9.96 Å². The molecule has 25 heavy (non-hydrogen) atoms. The molecule has 2 atom stereocenters. The van der Waals surface area contributed by atoms with Crippen LogP contribution in [0.25, 0.3) is 0 Å². The van der Waals surface area contributed by atoms with Crippen molar-refractivity contribution >= 4 is 35.5 Å². The molecule has 0 saturated carbocycles. The summed E-state index contributed by atoms with van der Waals surface area (Å²) in [6, 6.07) is 6.37. The van der Waals surface area contributed by atoms with Crippen molar-refractivity contribution in [3.05, 3.63) is 35.4 Å². The molecule has 7 nitrogen and oxygen atoms in total.